The number of unbranched alkanes of at least 4 members (excludes halogenated alkanes) is 24. The molecule has 0 aliphatic carbocycles. The van der Waals surface area contributed by atoms with E-state index in [0.717, 1.165) is 57.8 Å². The van der Waals surface area contributed by atoms with Gasteiger partial charge in [-0.2, -0.15) is 0 Å². The third-order valence-electron chi connectivity index (χ3n) is 11.1. The number of hydrogen-bond acceptors (Lipinski definition) is 6. The van der Waals surface area contributed by atoms with Crippen LogP contribution in [0, 0.1) is 0 Å². The first-order valence-electron chi connectivity index (χ1n) is 29.0. The van der Waals surface area contributed by atoms with Crippen LogP contribution in [0.3, 0.4) is 0 Å². The second-order valence-electron chi connectivity index (χ2n) is 19.6. The van der Waals surface area contributed by atoms with Gasteiger partial charge >= 0.3 is 17.9 Å². The zero-order valence-corrected chi connectivity index (χ0v) is 47.1. The second-order valence-corrected chi connectivity index (χ2v) is 19.6. The van der Waals surface area contributed by atoms with Gasteiger partial charge in [0.2, 0.25) is 0 Å². The Morgan fingerprint density at radius 2 is 0.464 bits per heavy atom. The number of rotatable bonds is 45. The minimum absolute atomic E-state index is 0.0143. The van der Waals surface area contributed by atoms with Gasteiger partial charge in [-0.15, -0.1) is 0 Å². The minimum atomic E-state index is -0.0503. The summed E-state index contributed by atoms with van der Waals surface area (Å²) >= 11 is 0. The van der Waals surface area contributed by atoms with E-state index < -0.39 is 0 Å². The monoisotopic (exact) mass is 967 g/mol. The van der Waals surface area contributed by atoms with Crippen molar-refractivity contribution in [3.05, 3.63) is 72.9 Å². The van der Waals surface area contributed by atoms with E-state index in [1.807, 2.05) is 41.5 Å². The van der Waals surface area contributed by atoms with Gasteiger partial charge in [0.15, 0.2) is 0 Å². The molecule has 0 N–H and O–H groups in total. The molecular formula is C63H114O6. The van der Waals surface area contributed by atoms with Crippen LogP contribution in [-0.4, -0.2) is 36.2 Å². The average molecular weight is 968 g/mol. The fraction of sp³-hybridized carbons (Fsp3) is 0.762. The molecule has 402 valence electrons. The van der Waals surface area contributed by atoms with Crippen molar-refractivity contribution in [2.75, 3.05) is 0 Å². The average Bonchev–Trinajstić information content (AvgIpc) is 3.30. The van der Waals surface area contributed by atoms with Crippen molar-refractivity contribution in [3.63, 3.8) is 0 Å². The summed E-state index contributed by atoms with van der Waals surface area (Å²) in [5.74, 6) is -0.151. The van der Waals surface area contributed by atoms with Gasteiger partial charge in [0.25, 0.3) is 0 Å². The van der Waals surface area contributed by atoms with Crippen molar-refractivity contribution < 1.29 is 28.6 Å². The molecular weight excluding hydrogens is 853 g/mol. The summed E-state index contributed by atoms with van der Waals surface area (Å²) in [4.78, 5) is 34.1. The van der Waals surface area contributed by atoms with Gasteiger partial charge in [-0.05, 0) is 157 Å². The Morgan fingerprint density at radius 3 is 0.667 bits per heavy atom. The zero-order valence-electron chi connectivity index (χ0n) is 47.1. The Kier molecular flexibility index (Phi) is 61.9. The molecule has 0 bridgehead atoms. The van der Waals surface area contributed by atoms with Crippen LogP contribution in [0.5, 0.6) is 0 Å². The van der Waals surface area contributed by atoms with Gasteiger partial charge in [-0.1, -0.05) is 190 Å². The zero-order chi connectivity index (χ0) is 51.5. The van der Waals surface area contributed by atoms with Crippen molar-refractivity contribution in [3.8, 4) is 0 Å². The van der Waals surface area contributed by atoms with Crippen LogP contribution in [0.4, 0.5) is 0 Å². The fourth-order valence-electron chi connectivity index (χ4n) is 7.21. The van der Waals surface area contributed by atoms with E-state index in [-0.39, 0.29) is 36.2 Å². The maximum atomic E-state index is 11.4. The first-order chi connectivity index (χ1) is 33.5. The van der Waals surface area contributed by atoms with Gasteiger partial charge in [0.05, 0.1) is 18.3 Å². The molecule has 0 atom stereocenters. The largest absolute Gasteiger partial charge is 0.463 e. The van der Waals surface area contributed by atoms with Crippen molar-refractivity contribution in [1.82, 2.24) is 0 Å². The van der Waals surface area contributed by atoms with Crippen LogP contribution in [0.25, 0.3) is 0 Å². The van der Waals surface area contributed by atoms with Crippen molar-refractivity contribution in [1.29, 1.82) is 0 Å². The molecule has 0 aromatic carbocycles. The summed E-state index contributed by atoms with van der Waals surface area (Å²) in [5, 5.41) is 0. The highest BCUT2D eigenvalue weighted by Crippen LogP contribution is 2.12. The van der Waals surface area contributed by atoms with Gasteiger partial charge in [-0.25, -0.2) is 0 Å². The normalized spacial score (nSPS) is 11.8. The molecule has 0 aliphatic rings. The highest BCUT2D eigenvalue weighted by Gasteiger charge is 2.06. The third kappa shape index (κ3) is 71.5. The number of esters is 3. The lowest BCUT2D eigenvalue weighted by atomic mass is 10.1. The van der Waals surface area contributed by atoms with E-state index in [1.54, 1.807) is 0 Å². The highest BCUT2D eigenvalue weighted by molar-refractivity contribution is 5.70. The molecule has 0 spiro atoms. The first kappa shape index (κ1) is 70.1. The standard InChI is InChI=1S/3C21H38O2/c3*1-4-5-6-7-8-9-10-11-12-13-14-15-16-17-18-19-21(22)23-20(2)3/h3*8-9,11-12,20H,4-7,10,13-19H2,1-3H3/b3*9-8-,12-11-. The Bertz CT molecular complexity index is 1100. The topological polar surface area (TPSA) is 78.9 Å². The maximum Gasteiger partial charge on any atom is 0.306 e. The van der Waals surface area contributed by atoms with Crippen LogP contribution < -0.4 is 0 Å². The van der Waals surface area contributed by atoms with E-state index in [2.05, 4.69) is 93.7 Å². The van der Waals surface area contributed by atoms with E-state index in [1.165, 1.54) is 154 Å². The number of ether oxygens (including phenoxy) is 3. The molecule has 0 fully saturated rings. The van der Waals surface area contributed by atoms with Gasteiger partial charge in [0.1, 0.15) is 0 Å². The number of allylic oxidation sites excluding steroid dienone is 12. The molecule has 0 heterocycles. The SMILES string of the molecule is CCCCC/C=C\C/C=C\CCCCCCCC(=O)OC(C)C.CCCCC/C=C\C/C=C\CCCCCCCC(=O)OC(C)C.CCCCC/C=C\C/C=C\CCCCCCCC(=O)OC(C)C. The minimum Gasteiger partial charge on any atom is -0.463 e. The summed E-state index contributed by atoms with van der Waals surface area (Å²) in [6.07, 6.45) is 69.1. The molecule has 0 aliphatic heterocycles. The van der Waals surface area contributed by atoms with E-state index in [9.17, 15) is 14.4 Å². The van der Waals surface area contributed by atoms with Crippen LogP contribution in [0.15, 0.2) is 72.9 Å². The summed E-state index contributed by atoms with van der Waals surface area (Å²) in [6.45, 7) is 18.1. The van der Waals surface area contributed by atoms with Gasteiger partial charge in [-0.3, -0.25) is 14.4 Å². The van der Waals surface area contributed by atoms with Crippen molar-refractivity contribution >= 4 is 17.9 Å². The number of hydrogen-bond donors (Lipinski definition) is 0. The maximum absolute atomic E-state index is 11.4. The Hall–Kier alpha value is -3.15. The quantitative estimate of drug-likeness (QED) is 0.0262. The Morgan fingerprint density at radius 1 is 0.275 bits per heavy atom. The lowest BCUT2D eigenvalue weighted by Gasteiger charge is -2.07. The predicted octanol–water partition coefficient (Wildman–Crippen LogP) is 20.3. The molecule has 0 saturated heterocycles. The van der Waals surface area contributed by atoms with Crippen LogP contribution in [-0.2, 0) is 28.6 Å². The second kappa shape index (κ2) is 61.0. The molecule has 6 nitrogen and oxygen atoms in total. The molecule has 0 amide bonds. The molecule has 0 saturated carbocycles. The van der Waals surface area contributed by atoms with Gasteiger partial charge in [0, 0.05) is 19.3 Å². The van der Waals surface area contributed by atoms with Crippen molar-refractivity contribution in [2.45, 2.75) is 312 Å². The summed E-state index contributed by atoms with van der Waals surface area (Å²) in [6, 6.07) is 0. The summed E-state index contributed by atoms with van der Waals surface area (Å²) in [7, 11) is 0. The molecule has 0 aromatic heterocycles. The van der Waals surface area contributed by atoms with Gasteiger partial charge < -0.3 is 14.2 Å². The number of carbonyl (C=O) groups excluding carboxylic acids is 3. The Labute approximate surface area is 429 Å². The third-order valence-corrected chi connectivity index (χ3v) is 11.1. The Balaban J connectivity index is -0.000000947. The molecule has 0 unspecified atom stereocenters. The molecule has 0 radical (unpaired) electrons. The predicted molar refractivity (Wildman–Crippen MR) is 302 cm³/mol. The van der Waals surface area contributed by atoms with Crippen LogP contribution in [0.2, 0.25) is 0 Å². The first-order valence-corrected chi connectivity index (χ1v) is 29.0. The molecule has 6 heteroatoms. The highest BCUT2D eigenvalue weighted by atomic mass is 16.5. The van der Waals surface area contributed by atoms with Crippen LogP contribution in [0.1, 0.15) is 293 Å². The fourth-order valence-corrected chi connectivity index (χ4v) is 7.21. The van der Waals surface area contributed by atoms with E-state index >= 15 is 0 Å². The molecule has 0 aromatic rings. The van der Waals surface area contributed by atoms with Crippen LogP contribution >= 0.6 is 0 Å². The summed E-state index contributed by atoms with van der Waals surface area (Å²) in [5.41, 5.74) is 0. The smallest absolute Gasteiger partial charge is 0.306 e. The number of carbonyl (C=O) groups is 3. The van der Waals surface area contributed by atoms with E-state index in [0.29, 0.717) is 19.3 Å². The molecule has 0 rings (SSSR count). The van der Waals surface area contributed by atoms with Crippen molar-refractivity contribution in [2.24, 2.45) is 0 Å². The summed E-state index contributed by atoms with van der Waals surface area (Å²) < 4.78 is 15.3. The lowest BCUT2D eigenvalue weighted by Crippen LogP contribution is -2.10. The molecule has 69 heavy (non-hydrogen) atoms. The lowest BCUT2D eigenvalue weighted by molar-refractivity contribution is -0.148. The van der Waals surface area contributed by atoms with E-state index in [4.69, 9.17) is 14.2 Å².